The Labute approximate surface area is 113 Å². The van der Waals surface area contributed by atoms with E-state index in [4.69, 9.17) is 10.00 Å². The predicted octanol–water partition coefficient (Wildman–Crippen LogP) is 2.67. The Hall–Kier alpha value is -1.55. The molecule has 0 atom stereocenters. The third kappa shape index (κ3) is 4.44. The summed E-state index contributed by atoms with van der Waals surface area (Å²) in [5, 5.41) is 11.7. The molecule has 1 aromatic carbocycles. The first kappa shape index (κ1) is 13.5. The Bertz CT molecular complexity index is 478. The average molecular weight is 342 g/mol. The lowest BCUT2D eigenvalue weighted by molar-refractivity contribution is -0.138. The topological polar surface area (TPSA) is 62.1 Å². The van der Waals surface area contributed by atoms with E-state index in [2.05, 4.69) is 27.9 Å². The fourth-order valence-corrected chi connectivity index (χ4v) is 1.62. The molecule has 1 aromatic rings. The maximum absolute atomic E-state index is 11.3. The second-order valence-corrected chi connectivity index (χ2v) is 4.29. The van der Waals surface area contributed by atoms with Crippen LogP contribution in [-0.4, -0.2) is 12.6 Å². The number of halogens is 1. The smallest absolute Gasteiger partial charge is 0.350 e. The van der Waals surface area contributed by atoms with E-state index >= 15 is 0 Å². The van der Waals surface area contributed by atoms with Crippen molar-refractivity contribution < 1.29 is 9.53 Å². The summed E-state index contributed by atoms with van der Waals surface area (Å²) in [5.41, 5.74) is 0.764. The van der Waals surface area contributed by atoms with Crippen LogP contribution in [0.15, 0.2) is 36.0 Å². The molecule has 0 aromatic heterocycles. The maximum atomic E-state index is 11.3. The number of carbonyl (C=O) groups is 1. The molecule has 4 nitrogen and oxygen atoms in total. The van der Waals surface area contributed by atoms with Gasteiger partial charge in [-0.05, 0) is 47.7 Å². The molecular weight excluding hydrogens is 331 g/mol. The minimum Gasteiger partial charge on any atom is -0.462 e. The molecule has 0 spiro atoms. The van der Waals surface area contributed by atoms with Gasteiger partial charge in [0.25, 0.3) is 0 Å². The maximum Gasteiger partial charge on any atom is 0.350 e. The summed E-state index contributed by atoms with van der Waals surface area (Å²) >= 11 is 2.18. The Balaban J connectivity index is 2.75. The number of rotatable bonds is 4. The SMILES string of the molecule is CCOC(=O)/C(C#N)=C/Nc1cccc(I)c1. The number of carbonyl (C=O) groups excluding carboxylic acids is 1. The number of esters is 1. The van der Waals surface area contributed by atoms with Crippen LogP contribution in [0.5, 0.6) is 0 Å². The molecule has 0 amide bonds. The van der Waals surface area contributed by atoms with E-state index < -0.39 is 5.97 Å². The number of hydrogen-bond donors (Lipinski definition) is 1. The highest BCUT2D eigenvalue weighted by atomic mass is 127. The molecule has 0 heterocycles. The molecule has 0 aliphatic heterocycles. The number of nitriles is 1. The van der Waals surface area contributed by atoms with Crippen molar-refractivity contribution in [2.45, 2.75) is 6.92 Å². The first-order valence-electron chi connectivity index (χ1n) is 4.97. The minimum atomic E-state index is -0.617. The summed E-state index contributed by atoms with van der Waals surface area (Å²) in [7, 11) is 0. The molecule has 0 bridgehead atoms. The molecule has 0 saturated carbocycles. The zero-order valence-corrected chi connectivity index (χ0v) is 11.4. The summed E-state index contributed by atoms with van der Waals surface area (Å²) in [6, 6.07) is 9.37. The van der Waals surface area contributed by atoms with Crippen molar-refractivity contribution in [2.24, 2.45) is 0 Å². The van der Waals surface area contributed by atoms with Crippen LogP contribution in [0.25, 0.3) is 0 Å². The number of hydrogen-bond acceptors (Lipinski definition) is 4. The van der Waals surface area contributed by atoms with Gasteiger partial charge in [0.05, 0.1) is 6.61 Å². The highest BCUT2D eigenvalue weighted by Crippen LogP contribution is 2.12. The van der Waals surface area contributed by atoms with Gasteiger partial charge >= 0.3 is 5.97 Å². The lowest BCUT2D eigenvalue weighted by atomic mass is 10.3. The van der Waals surface area contributed by atoms with Gasteiger partial charge in [0.15, 0.2) is 5.57 Å². The second kappa shape index (κ2) is 6.91. The number of nitrogens with one attached hydrogen (secondary N) is 1. The van der Waals surface area contributed by atoms with Gasteiger partial charge in [0.2, 0.25) is 0 Å². The molecule has 88 valence electrons. The zero-order valence-electron chi connectivity index (χ0n) is 9.24. The number of nitrogens with zero attached hydrogens (tertiary/aromatic N) is 1. The fraction of sp³-hybridized carbons (Fsp3) is 0.167. The predicted molar refractivity (Wildman–Crippen MR) is 73.1 cm³/mol. The third-order valence-corrected chi connectivity index (χ3v) is 2.49. The number of anilines is 1. The van der Waals surface area contributed by atoms with Gasteiger partial charge in [0, 0.05) is 15.5 Å². The summed E-state index contributed by atoms with van der Waals surface area (Å²) in [4.78, 5) is 11.3. The van der Waals surface area contributed by atoms with E-state index in [1.165, 1.54) is 6.20 Å². The molecular formula is C12H11IN2O2. The van der Waals surface area contributed by atoms with Crippen LogP contribution in [0.1, 0.15) is 6.92 Å². The van der Waals surface area contributed by atoms with Crippen LogP contribution in [0.2, 0.25) is 0 Å². The van der Waals surface area contributed by atoms with Gasteiger partial charge in [-0.3, -0.25) is 0 Å². The summed E-state index contributed by atoms with van der Waals surface area (Å²) in [6.45, 7) is 1.95. The van der Waals surface area contributed by atoms with Crippen LogP contribution in [0.4, 0.5) is 5.69 Å². The van der Waals surface area contributed by atoms with Gasteiger partial charge in [-0.2, -0.15) is 5.26 Å². The van der Waals surface area contributed by atoms with Crippen LogP contribution < -0.4 is 5.32 Å². The van der Waals surface area contributed by atoms with Crippen molar-refractivity contribution in [1.29, 1.82) is 5.26 Å². The molecule has 0 unspecified atom stereocenters. The Kier molecular flexibility index (Phi) is 5.49. The van der Waals surface area contributed by atoms with Crippen LogP contribution in [0, 0.1) is 14.9 Å². The minimum absolute atomic E-state index is 0.0503. The van der Waals surface area contributed by atoms with Gasteiger partial charge < -0.3 is 10.1 Å². The van der Waals surface area contributed by atoms with E-state index in [1.54, 1.807) is 13.0 Å². The van der Waals surface area contributed by atoms with E-state index in [1.807, 2.05) is 24.3 Å². The molecule has 0 fully saturated rings. The van der Waals surface area contributed by atoms with Crippen molar-refractivity contribution in [2.75, 3.05) is 11.9 Å². The highest BCUT2D eigenvalue weighted by Gasteiger charge is 2.08. The number of ether oxygens (including phenoxy) is 1. The second-order valence-electron chi connectivity index (χ2n) is 3.04. The molecule has 5 heteroatoms. The van der Waals surface area contributed by atoms with Crippen LogP contribution in [0.3, 0.4) is 0 Å². The summed E-state index contributed by atoms with van der Waals surface area (Å²) < 4.78 is 5.80. The van der Waals surface area contributed by atoms with E-state index in [0.29, 0.717) is 0 Å². The lowest BCUT2D eigenvalue weighted by Gasteiger charge is -2.03. The van der Waals surface area contributed by atoms with Crippen molar-refractivity contribution in [3.05, 3.63) is 39.6 Å². The lowest BCUT2D eigenvalue weighted by Crippen LogP contribution is -2.07. The number of benzene rings is 1. The van der Waals surface area contributed by atoms with Crippen molar-refractivity contribution in [3.8, 4) is 6.07 Å². The standard InChI is InChI=1S/C12H11IN2O2/c1-2-17-12(16)9(7-14)8-15-11-5-3-4-10(13)6-11/h3-6,8,15H,2H2,1H3/b9-8+. The summed E-state index contributed by atoms with van der Waals surface area (Å²) in [5.74, 6) is -0.617. The fourth-order valence-electron chi connectivity index (χ4n) is 1.08. The molecule has 1 rings (SSSR count). The first-order chi connectivity index (χ1) is 8.17. The average Bonchev–Trinajstić information content (AvgIpc) is 2.30. The van der Waals surface area contributed by atoms with Gasteiger partial charge in [-0.15, -0.1) is 0 Å². The quantitative estimate of drug-likeness (QED) is 0.396. The first-order valence-corrected chi connectivity index (χ1v) is 6.04. The van der Waals surface area contributed by atoms with Crippen LogP contribution in [-0.2, 0) is 9.53 Å². The monoisotopic (exact) mass is 342 g/mol. The van der Waals surface area contributed by atoms with Crippen LogP contribution >= 0.6 is 22.6 Å². The Morgan fingerprint density at radius 1 is 1.65 bits per heavy atom. The molecule has 0 aliphatic carbocycles. The van der Waals surface area contributed by atoms with Gasteiger partial charge in [-0.1, -0.05) is 6.07 Å². The van der Waals surface area contributed by atoms with E-state index in [-0.39, 0.29) is 12.2 Å². The van der Waals surface area contributed by atoms with Crippen molar-refractivity contribution in [3.63, 3.8) is 0 Å². The van der Waals surface area contributed by atoms with Gasteiger partial charge in [-0.25, -0.2) is 4.79 Å². The Morgan fingerprint density at radius 2 is 2.41 bits per heavy atom. The van der Waals surface area contributed by atoms with E-state index in [9.17, 15) is 4.79 Å². The third-order valence-electron chi connectivity index (χ3n) is 1.82. The molecule has 0 saturated heterocycles. The Morgan fingerprint density at radius 3 is 3.00 bits per heavy atom. The van der Waals surface area contributed by atoms with Crippen molar-refractivity contribution >= 4 is 34.2 Å². The molecule has 17 heavy (non-hydrogen) atoms. The van der Waals surface area contributed by atoms with Gasteiger partial charge in [0.1, 0.15) is 6.07 Å². The normalized spacial score (nSPS) is 10.5. The molecule has 0 aliphatic rings. The molecule has 0 radical (unpaired) electrons. The molecule has 1 N–H and O–H groups in total. The zero-order chi connectivity index (χ0) is 12.7. The van der Waals surface area contributed by atoms with E-state index in [0.717, 1.165) is 9.26 Å². The van der Waals surface area contributed by atoms with Crippen molar-refractivity contribution in [1.82, 2.24) is 0 Å². The highest BCUT2D eigenvalue weighted by molar-refractivity contribution is 14.1. The largest absolute Gasteiger partial charge is 0.462 e. The summed E-state index contributed by atoms with van der Waals surface area (Å²) in [6.07, 6.45) is 1.35.